The summed E-state index contributed by atoms with van der Waals surface area (Å²) >= 11 is 5.83. The van der Waals surface area contributed by atoms with Crippen molar-refractivity contribution in [2.24, 2.45) is 0 Å². The van der Waals surface area contributed by atoms with Gasteiger partial charge in [-0.3, -0.25) is 4.72 Å². The molecule has 25 heavy (non-hydrogen) atoms. The maximum Gasteiger partial charge on any atom is 0.263 e. The largest absolute Gasteiger partial charge is 0.339 e. The lowest BCUT2D eigenvalue weighted by Crippen LogP contribution is -2.14. The highest BCUT2D eigenvalue weighted by Crippen LogP contribution is 2.19. The van der Waals surface area contributed by atoms with Crippen LogP contribution in [0.5, 0.6) is 0 Å². The fourth-order valence-electron chi connectivity index (χ4n) is 2.15. The van der Waals surface area contributed by atoms with Gasteiger partial charge >= 0.3 is 0 Å². The van der Waals surface area contributed by atoms with Crippen molar-refractivity contribution in [3.8, 4) is 0 Å². The number of benzene rings is 2. The topological polar surface area (TPSA) is 84.0 Å². The van der Waals surface area contributed by atoms with Crippen molar-refractivity contribution in [3.05, 3.63) is 71.2 Å². The van der Waals surface area contributed by atoms with E-state index in [1.807, 2.05) is 31.2 Å². The summed E-state index contributed by atoms with van der Waals surface area (Å²) in [5.41, 5.74) is 1.99. The van der Waals surface area contributed by atoms with Crippen LogP contribution in [0.2, 0.25) is 5.02 Å². The van der Waals surface area contributed by atoms with Crippen LogP contribution in [-0.2, 0) is 10.0 Å². The van der Waals surface area contributed by atoms with Crippen LogP contribution < -0.4 is 10.0 Å². The van der Waals surface area contributed by atoms with Crippen LogP contribution in [0.25, 0.3) is 0 Å². The molecule has 3 aromatic rings. The Balaban J connectivity index is 1.74. The van der Waals surface area contributed by atoms with E-state index in [1.54, 1.807) is 18.2 Å². The molecule has 1 aromatic heterocycles. The minimum Gasteiger partial charge on any atom is -0.339 e. The predicted octanol–water partition coefficient (Wildman–Crippen LogP) is 3.98. The van der Waals surface area contributed by atoms with Crippen LogP contribution in [-0.4, -0.2) is 18.6 Å². The van der Waals surface area contributed by atoms with Gasteiger partial charge in [-0.1, -0.05) is 29.8 Å². The normalized spacial score (nSPS) is 11.1. The Hall–Kier alpha value is -2.64. The van der Waals surface area contributed by atoms with E-state index < -0.39 is 10.0 Å². The van der Waals surface area contributed by atoms with Crippen molar-refractivity contribution in [3.63, 3.8) is 0 Å². The number of rotatable bonds is 5. The fraction of sp³-hybridized carbons (Fsp3) is 0.0588. The highest BCUT2D eigenvalue weighted by molar-refractivity contribution is 7.92. The summed E-state index contributed by atoms with van der Waals surface area (Å²) in [5.74, 6) is 0.631. The number of aromatic nitrogens is 2. The van der Waals surface area contributed by atoms with Crippen LogP contribution in [0.3, 0.4) is 0 Å². The molecular weight excluding hydrogens is 360 g/mol. The molecule has 0 aliphatic rings. The molecule has 0 saturated heterocycles. The second-order valence-corrected chi connectivity index (χ2v) is 7.48. The lowest BCUT2D eigenvalue weighted by atomic mass is 10.2. The van der Waals surface area contributed by atoms with Crippen LogP contribution in [0.4, 0.5) is 17.3 Å². The molecule has 6 nitrogen and oxygen atoms in total. The molecular formula is C17H15ClN4O2S. The van der Waals surface area contributed by atoms with Crippen LogP contribution >= 0.6 is 11.6 Å². The summed E-state index contributed by atoms with van der Waals surface area (Å²) in [6.45, 7) is 1.99. The molecule has 0 spiro atoms. The van der Waals surface area contributed by atoms with Crippen molar-refractivity contribution < 1.29 is 8.42 Å². The number of anilines is 3. The average Bonchev–Trinajstić information content (AvgIpc) is 2.56. The second-order valence-electron chi connectivity index (χ2n) is 5.36. The Morgan fingerprint density at radius 2 is 1.64 bits per heavy atom. The van der Waals surface area contributed by atoms with Gasteiger partial charge < -0.3 is 5.32 Å². The third-order valence-electron chi connectivity index (χ3n) is 3.30. The average molecular weight is 375 g/mol. The molecule has 0 radical (unpaired) electrons. The van der Waals surface area contributed by atoms with E-state index in [0.717, 1.165) is 11.3 Å². The summed E-state index contributed by atoms with van der Waals surface area (Å²) in [6.07, 6.45) is 0. The quantitative estimate of drug-likeness (QED) is 0.705. The molecule has 0 unspecified atom stereocenters. The van der Waals surface area contributed by atoms with E-state index in [-0.39, 0.29) is 10.7 Å². The van der Waals surface area contributed by atoms with Crippen molar-refractivity contribution in [2.75, 3.05) is 10.0 Å². The van der Waals surface area contributed by atoms with Crippen LogP contribution in [0, 0.1) is 6.92 Å². The molecule has 8 heteroatoms. The van der Waals surface area contributed by atoms with Gasteiger partial charge in [-0.15, -0.1) is 10.2 Å². The summed E-state index contributed by atoms with van der Waals surface area (Å²) in [4.78, 5) is 0.0590. The van der Waals surface area contributed by atoms with Gasteiger partial charge in [0.1, 0.15) is 0 Å². The lowest BCUT2D eigenvalue weighted by Gasteiger charge is -2.09. The van der Waals surface area contributed by atoms with Crippen LogP contribution in [0.15, 0.2) is 65.6 Å². The Morgan fingerprint density at radius 1 is 0.920 bits per heavy atom. The zero-order valence-electron chi connectivity index (χ0n) is 13.3. The van der Waals surface area contributed by atoms with Gasteiger partial charge in [-0.25, -0.2) is 8.42 Å². The highest BCUT2D eigenvalue weighted by Gasteiger charge is 2.15. The summed E-state index contributed by atoms with van der Waals surface area (Å²) in [5, 5.41) is 11.3. The summed E-state index contributed by atoms with van der Waals surface area (Å²) in [6, 6.07) is 17.0. The van der Waals surface area contributed by atoms with Crippen molar-refractivity contribution in [1.29, 1.82) is 0 Å². The molecule has 128 valence electrons. The van der Waals surface area contributed by atoms with E-state index in [9.17, 15) is 8.42 Å². The van der Waals surface area contributed by atoms with Gasteiger partial charge in [0.25, 0.3) is 10.0 Å². The first-order chi connectivity index (χ1) is 11.9. The minimum absolute atomic E-state index is 0.0590. The molecule has 0 aliphatic carbocycles. The third-order valence-corrected chi connectivity index (χ3v) is 4.89. The molecule has 1 heterocycles. The van der Waals surface area contributed by atoms with E-state index >= 15 is 0 Å². The van der Waals surface area contributed by atoms with E-state index in [1.165, 1.54) is 18.2 Å². The number of hydrogen-bond acceptors (Lipinski definition) is 5. The fourth-order valence-corrected chi connectivity index (χ4v) is 3.45. The lowest BCUT2D eigenvalue weighted by molar-refractivity contribution is 0.601. The van der Waals surface area contributed by atoms with Crippen molar-refractivity contribution in [2.45, 2.75) is 11.8 Å². The molecule has 0 bridgehead atoms. The molecule has 0 atom stereocenters. The molecule has 2 N–H and O–H groups in total. The molecule has 2 aromatic carbocycles. The van der Waals surface area contributed by atoms with Gasteiger partial charge in [0.05, 0.1) is 4.90 Å². The van der Waals surface area contributed by atoms with Gasteiger partial charge in [0, 0.05) is 10.7 Å². The molecule has 0 aliphatic heterocycles. The zero-order chi connectivity index (χ0) is 17.9. The predicted molar refractivity (Wildman–Crippen MR) is 98.8 cm³/mol. The van der Waals surface area contributed by atoms with Gasteiger partial charge in [-0.2, -0.15) is 0 Å². The number of nitrogens with one attached hydrogen (secondary N) is 2. The van der Waals surface area contributed by atoms with Crippen molar-refractivity contribution in [1.82, 2.24) is 10.2 Å². The first-order valence-corrected chi connectivity index (χ1v) is 9.24. The Morgan fingerprint density at radius 3 is 2.32 bits per heavy atom. The van der Waals surface area contributed by atoms with Crippen LogP contribution in [0.1, 0.15) is 5.56 Å². The monoisotopic (exact) mass is 374 g/mol. The number of halogens is 1. The smallest absolute Gasteiger partial charge is 0.263 e. The van der Waals surface area contributed by atoms with Gasteiger partial charge in [0.15, 0.2) is 11.6 Å². The standard InChI is InChI=1S/C17H15ClN4O2S/c1-12-4-2-6-14(10-12)19-16-8-9-17(21-20-16)22-25(23,24)15-7-3-5-13(18)11-15/h2-11H,1H3,(H,19,20)(H,21,22). The SMILES string of the molecule is Cc1cccc(Nc2ccc(NS(=O)(=O)c3cccc(Cl)c3)nn2)c1. The number of sulfonamides is 1. The Labute approximate surface area is 150 Å². The maximum atomic E-state index is 12.3. The first kappa shape index (κ1) is 17.2. The van der Waals surface area contributed by atoms with Gasteiger partial charge in [-0.05, 0) is 55.0 Å². The van der Waals surface area contributed by atoms with Crippen molar-refractivity contribution >= 4 is 38.9 Å². The minimum atomic E-state index is -3.77. The molecule has 3 rings (SSSR count). The molecule has 0 amide bonds. The van der Waals surface area contributed by atoms with E-state index in [0.29, 0.717) is 10.8 Å². The number of hydrogen-bond donors (Lipinski definition) is 2. The van der Waals surface area contributed by atoms with Gasteiger partial charge in [0.2, 0.25) is 0 Å². The molecule has 0 fully saturated rings. The van der Waals surface area contributed by atoms with E-state index in [4.69, 9.17) is 11.6 Å². The molecule has 0 saturated carbocycles. The summed E-state index contributed by atoms with van der Waals surface area (Å²) in [7, 11) is -3.77. The number of aryl methyl sites for hydroxylation is 1. The summed E-state index contributed by atoms with van der Waals surface area (Å²) < 4.78 is 27.0. The highest BCUT2D eigenvalue weighted by atomic mass is 35.5. The Bertz CT molecular complexity index is 992. The number of nitrogens with zero attached hydrogens (tertiary/aromatic N) is 2. The maximum absolute atomic E-state index is 12.3. The second kappa shape index (κ2) is 7.08. The van der Waals surface area contributed by atoms with E-state index in [2.05, 4.69) is 20.2 Å². The third kappa shape index (κ3) is 4.46. The zero-order valence-corrected chi connectivity index (χ0v) is 14.8. The first-order valence-electron chi connectivity index (χ1n) is 7.38. The Kier molecular flexibility index (Phi) is 4.87.